The van der Waals surface area contributed by atoms with Gasteiger partial charge in [-0.05, 0) is 38.5 Å². The summed E-state index contributed by atoms with van der Waals surface area (Å²) >= 11 is 0. The minimum absolute atomic E-state index is 0.00802. The zero-order valence-corrected chi connectivity index (χ0v) is 13.0. The molecule has 0 aliphatic carbocycles. The van der Waals surface area contributed by atoms with E-state index in [4.69, 9.17) is 0 Å². The highest BCUT2D eigenvalue weighted by Gasteiger charge is 2.15. The predicted molar refractivity (Wildman–Crippen MR) is 78.0 cm³/mol. The maximum Gasteiger partial charge on any atom is 0.321 e. The van der Waals surface area contributed by atoms with E-state index in [0.717, 1.165) is 18.6 Å². The number of nitrogens with two attached hydrogens (primary N) is 1. The topological polar surface area (TPSA) is 74.8 Å². The smallest absolute Gasteiger partial charge is 0.321 e. The Labute approximate surface area is 128 Å². The summed E-state index contributed by atoms with van der Waals surface area (Å²) in [5, 5.41) is 6.47. The van der Waals surface area contributed by atoms with Crippen LogP contribution in [0.1, 0.15) is 38.8 Å². The third-order valence-corrected chi connectivity index (χ3v) is 3.37. The van der Waals surface area contributed by atoms with E-state index in [2.05, 4.69) is 10.6 Å². The fourth-order valence-electron chi connectivity index (χ4n) is 1.76. The van der Waals surface area contributed by atoms with Gasteiger partial charge >= 0.3 is 6.03 Å². The molecule has 0 saturated heterocycles. The first-order chi connectivity index (χ1) is 10.3. The van der Waals surface area contributed by atoms with E-state index in [1.807, 2.05) is 13.8 Å². The molecule has 0 spiro atoms. The number of carbonyl (C=O) groups excluding carboxylic acids is 2. The van der Waals surface area contributed by atoms with E-state index in [-0.39, 0.29) is 18.6 Å². The standard InChI is InChI=1S/C15H21F2N3O2/c1-4-9(2)19-15(22)20-14(21)8-18-10(3)11-5-6-12(16)13(17)7-11/h5-7,9-10,18H,4,8H2,1-3H3,(H2,19,20,21,22)/p+1/t9-,10-/m1/s1. The van der Waals surface area contributed by atoms with Crippen molar-refractivity contribution >= 4 is 11.9 Å². The zero-order chi connectivity index (χ0) is 16.7. The Balaban J connectivity index is 2.43. The van der Waals surface area contributed by atoms with E-state index in [1.165, 1.54) is 6.07 Å². The van der Waals surface area contributed by atoms with Crippen LogP contribution < -0.4 is 16.0 Å². The van der Waals surface area contributed by atoms with Crippen molar-refractivity contribution in [2.24, 2.45) is 0 Å². The Morgan fingerprint density at radius 1 is 1.23 bits per heavy atom. The fraction of sp³-hybridized carbons (Fsp3) is 0.467. The minimum Gasteiger partial charge on any atom is -0.335 e. The van der Waals surface area contributed by atoms with Crippen LogP contribution in [-0.2, 0) is 4.79 Å². The third-order valence-electron chi connectivity index (χ3n) is 3.37. The Bertz CT molecular complexity index is 538. The molecule has 0 radical (unpaired) electrons. The molecule has 1 aromatic carbocycles. The Morgan fingerprint density at radius 2 is 1.91 bits per heavy atom. The highest BCUT2D eigenvalue weighted by atomic mass is 19.2. The molecule has 0 bridgehead atoms. The highest BCUT2D eigenvalue weighted by molar-refractivity contribution is 5.94. The lowest BCUT2D eigenvalue weighted by atomic mass is 10.1. The van der Waals surface area contributed by atoms with Crippen molar-refractivity contribution in [2.45, 2.75) is 39.3 Å². The first kappa shape index (κ1) is 18.0. The van der Waals surface area contributed by atoms with Crippen molar-refractivity contribution in [3.8, 4) is 0 Å². The molecule has 22 heavy (non-hydrogen) atoms. The number of carbonyl (C=O) groups is 2. The van der Waals surface area contributed by atoms with Crippen LogP contribution >= 0.6 is 0 Å². The van der Waals surface area contributed by atoms with Crippen molar-refractivity contribution in [1.82, 2.24) is 10.6 Å². The van der Waals surface area contributed by atoms with E-state index in [1.54, 1.807) is 12.2 Å². The molecule has 1 rings (SSSR count). The summed E-state index contributed by atoms with van der Waals surface area (Å²) in [4.78, 5) is 23.1. The summed E-state index contributed by atoms with van der Waals surface area (Å²) in [5.41, 5.74) is 0.566. The van der Waals surface area contributed by atoms with Gasteiger partial charge in [0.2, 0.25) is 0 Å². The Morgan fingerprint density at radius 3 is 2.50 bits per heavy atom. The lowest BCUT2D eigenvalue weighted by molar-refractivity contribution is -0.682. The number of imide groups is 1. The van der Waals surface area contributed by atoms with Gasteiger partial charge in [-0.3, -0.25) is 10.1 Å². The Kier molecular flexibility index (Phi) is 6.91. The molecule has 0 heterocycles. The van der Waals surface area contributed by atoms with Crippen LogP contribution in [0.15, 0.2) is 18.2 Å². The zero-order valence-electron chi connectivity index (χ0n) is 13.0. The van der Waals surface area contributed by atoms with Crippen LogP contribution in [0.5, 0.6) is 0 Å². The van der Waals surface area contributed by atoms with E-state index >= 15 is 0 Å². The van der Waals surface area contributed by atoms with Crippen LogP contribution in [0.25, 0.3) is 0 Å². The van der Waals surface area contributed by atoms with Crippen LogP contribution in [0.2, 0.25) is 0 Å². The third kappa shape index (κ3) is 5.77. The molecular formula is C15H22F2N3O2+. The number of halogens is 2. The summed E-state index contributed by atoms with van der Waals surface area (Å²) in [5.74, 6) is -2.28. The van der Waals surface area contributed by atoms with Gasteiger partial charge in [0.1, 0.15) is 6.04 Å². The number of benzene rings is 1. The maximum absolute atomic E-state index is 13.1. The molecular weight excluding hydrogens is 292 g/mol. The van der Waals surface area contributed by atoms with Gasteiger partial charge < -0.3 is 10.6 Å². The van der Waals surface area contributed by atoms with Gasteiger partial charge in [0, 0.05) is 11.6 Å². The number of hydrogen-bond donors (Lipinski definition) is 3. The van der Waals surface area contributed by atoms with Crippen LogP contribution in [0, 0.1) is 11.6 Å². The molecule has 0 aliphatic rings. The highest BCUT2D eigenvalue weighted by Crippen LogP contribution is 2.12. The maximum atomic E-state index is 13.1. The quantitative estimate of drug-likeness (QED) is 0.738. The molecule has 0 aliphatic heterocycles. The number of nitrogens with one attached hydrogen (secondary N) is 2. The summed E-state index contributed by atoms with van der Waals surface area (Å²) in [6, 6.07) is 2.83. The first-order valence-corrected chi connectivity index (χ1v) is 7.22. The van der Waals surface area contributed by atoms with Gasteiger partial charge in [0.15, 0.2) is 18.2 Å². The molecule has 0 unspecified atom stereocenters. The van der Waals surface area contributed by atoms with Crippen LogP contribution in [0.3, 0.4) is 0 Å². The molecule has 1 aromatic rings. The molecule has 122 valence electrons. The SMILES string of the molecule is CC[C@@H](C)NC(=O)NC(=O)C[NH2+][C@H](C)c1ccc(F)c(F)c1. The summed E-state index contributed by atoms with van der Waals surface area (Å²) in [6.45, 7) is 5.53. The van der Waals surface area contributed by atoms with Gasteiger partial charge in [0.25, 0.3) is 5.91 Å². The Hall–Kier alpha value is -2.02. The van der Waals surface area contributed by atoms with E-state index in [9.17, 15) is 18.4 Å². The number of amides is 3. The average Bonchev–Trinajstić information content (AvgIpc) is 2.47. The molecule has 3 amide bonds. The normalized spacial score (nSPS) is 13.3. The van der Waals surface area contributed by atoms with Gasteiger partial charge in [-0.2, -0.15) is 0 Å². The second kappa shape index (κ2) is 8.43. The molecule has 0 aromatic heterocycles. The van der Waals surface area contributed by atoms with Gasteiger partial charge in [0.05, 0.1) is 0 Å². The van der Waals surface area contributed by atoms with Gasteiger partial charge in [-0.15, -0.1) is 0 Å². The van der Waals surface area contributed by atoms with Gasteiger partial charge in [-0.25, -0.2) is 13.6 Å². The molecule has 4 N–H and O–H groups in total. The van der Waals surface area contributed by atoms with Gasteiger partial charge in [-0.1, -0.05) is 6.92 Å². The lowest BCUT2D eigenvalue weighted by Gasteiger charge is -2.13. The second-order valence-corrected chi connectivity index (χ2v) is 5.23. The summed E-state index contributed by atoms with van der Waals surface area (Å²) in [6.07, 6.45) is 0.765. The summed E-state index contributed by atoms with van der Waals surface area (Å²) < 4.78 is 26.0. The molecule has 0 fully saturated rings. The van der Waals surface area contributed by atoms with Crippen molar-refractivity contribution in [1.29, 1.82) is 0 Å². The summed E-state index contributed by atoms with van der Waals surface area (Å²) in [7, 11) is 0. The first-order valence-electron chi connectivity index (χ1n) is 7.22. The molecule has 2 atom stereocenters. The number of urea groups is 1. The minimum atomic E-state index is -0.921. The largest absolute Gasteiger partial charge is 0.335 e. The van der Waals surface area contributed by atoms with Crippen LogP contribution in [0.4, 0.5) is 13.6 Å². The van der Waals surface area contributed by atoms with E-state index < -0.39 is 23.6 Å². The number of rotatable bonds is 6. The average molecular weight is 314 g/mol. The number of quaternary nitrogens is 1. The lowest BCUT2D eigenvalue weighted by Crippen LogP contribution is -2.87. The van der Waals surface area contributed by atoms with Crippen molar-refractivity contribution in [3.05, 3.63) is 35.4 Å². The monoisotopic (exact) mass is 314 g/mol. The fourth-order valence-corrected chi connectivity index (χ4v) is 1.76. The molecule has 5 nitrogen and oxygen atoms in total. The number of hydrogen-bond acceptors (Lipinski definition) is 2. The molecule has 0 saturated carbocycles. The van der Waals surface area contributed by atoms with Crippen molar-refractivity contribution < 1.29 is 23.7 Å². The van der Waals surface area contributed by atoms with Crippen molar-refractivity contribution in [2.75, 3.05) is 6.54 Å². The van der Waals surface area contributed by atoms with Crippen LogP contribution in [-0.4, -0.2) is 24.5 Å². The second-order valence-electron chi connectivity index (χ2n) is 5.23. The van der Waals surface area contributed by atoms with Crippen molar-refractivity contribution in [3.63, 3.8) is 0 Å². The predicted octanol–water partition coefficient (Wildman–Crippen LogP) is 1.21. The molecule has 7 heteroatoms. The van der Waals surface area contributed by atoms with E-state index in [0.29, 0.717) is 5.56 Å².